The smallest absolute Gasteiger partial charge is 0.118 e. The van der Waals surface area contributed by atoms with Gasteiger partial charge in [0, 0.05) is 18.3 Å². The first kappa shape index (κ1) is 11.6. The zero-order valence-corrected chi connectivity index (χ0v) is 10.1. The van der Waals surface area contributed by atoms with E-state index >= 15 is 0 Å². The summed E-state index contributed by atoms with van der Waals surface area (Å²) in [4.78, 5) is 4.39. The van der Waals surface area contributed by atoms with E-state index in [4.69, 9.17) is 4.74 Å². The van der Waals surface area contributed by atoms with Crippen molar-refractivity contribution in [1.82, 2.24) is 10.3 Å². The third-order valence-corrected chi connectivity index (χ3v) is 2.64. The fourth-order valence-electron chi connectivity index (χ4n) is 1.78. The number of hydrogen-bond donors (Lipinski definition) is 1. The molecular formula is C14H16N2O. The summed E-state index contributed by atoms with van der Waals surface area (Å²) >= 11 is 0. The Bertz CT molecular complexity index is 480. The first-order chi connectivity index (χ1) is 8.35. The molecule has 3 nitrogen and oxygen atoms in total. The predicted octanol–water partition coefficient (Wildman–Crippen LogP) is 2.48. The molecule has 1 aromatic carbocycles. The highest BCUT2D eigenvalue weighted by atomic mass is 16.5. The summed E-state index contributed by atoms with van der Waals surface area (Å²) in [5.41, 5.74) is 3.37. The first-order valence-electron chi connectivity index (χ1n) is 5.58. The number of ether oxygens (including phenoxy) is 1. The Morgan fingerprint density at radius 1 is 1.18 bits per heavy atom. The van der Waals surface area contributed by atoms with Crippen molar-refractivity contribution >= 4 is 0 Å². The molecule has 17 heavy (non-hydrogen) atoms. The summed E-state index contributed by atoms with van der Waals surface area (Å²) in [5, 5.41) is 3.13. The molecule has 0 saturated carbocycles. The van der Waals surface area contributed by atoms with Gasteiger partial charge in [-0.15, -0.1) is 0 Å². The Kier molecular flexibility index (Phi) is 3.73. The molecule has 0 amide bonds. The number of pyridine rings is 1. The highest BCUT2D eigenvalue weighted by molar-refractivity contribution is 5.66. The fourth-order valence-corrected chi connectivity index (χ4v) is 1.78. The van der Waals surface area contributed by atoms with Gasteiger partial charge in [-0.3, -0.25) is 4.98 Å². The molecule has 0 aliphatic rings. The van der Waals surface area contributed by atoms with Crippen LogP contribution in [-0.2, 0) is 6.54 Å². The molecule has 0 fully saturated rings. The lowest BCUT2D eigenvalue weighted by atomic mass is 10.0. The second-order valence-corrected chi connectivity index (χ2v) is 3.76. The number of benzene rings is 1. The Morgan fingerprint density at radius 3 is 2.59 bits per heavy atom. The molecule has 1 heterocycles. The summed E-state index contributed by atoms with van der Waals surface area (Å²) in [5.74, 6) is 0.868. The molecule has 0 spiro atoms. The molecule has 0 aliphatic carbocycles. The van der Waals surface area contributed by atoms with E-state index in [9.17, 15) is 0 Å². The zero-order chi connectivity index (χ0) is 12.1. The molecule has 0 atom stereocenters. The summed E-state index contributed by atoms with van der Waals surface area (Å²) in [6.45, 7) is 0.766. The highest BCUT2D eigenvalue weighted by Gasteiger charge is 2.04. The van der Waals surface area contributed by atoms with Crippen molar-refractivity contribution in [2.75, 3.05) is 14.2 Å². The number of aromatic nitrogens is 1. The summed E-state index contributed by atoms with van der Waals surface area (Å²) in [7, 11) is 3.60. The molecular weight excluding hydrogens is 212 g/mol. The van der Waals surface area contributed by atoms with Crippen LogP contribution in [0.1, 0.15) is 5.69 Å². The minimum Gasteiger partial charge on any atom is -0.497 e. The van der Waals surface area contributed by atoms with E-state index in [1.54, 1.807) is 7.11 Å². The Hall–Kier alpha value is -1.87. The predicted molar refractivity (Wildman–Crippen MR) is 69.0 cm³/mol. The van der Waals surface area contributed by atoms with Crippen molar-refractivity contribution < 1.29 is 4.74 Å². The van der Waals surface area contributed by atoms with Crippen LogP contribution >= 0.6 is 0 Å². The minimum absolute atomic E-state index is 0.766. The first-order valence-corrected chi connectivity index (χ1v) is 5.58. The maximum absolute atomic E-state index is 5.15. The third kappa shape index (κ3) is 2.63. The van der Waals surface area contributed by atoms with Crippen LogP contribution in [0.15, 0.2) is 42.6 Å². The number of methoxy groups -OCH3 is 1. The Labute approximate surface area is 101 Å². The van der Waals surface area contributed by atoms with E-state index in [0.717, 1.165) is 29.1 Å². The van der Waals surface area contributed by atoms with Crippen molar-refractivity contribution in [2.24, 2.45) is 0 Å². The van der Waals surface area contributed by atoms with Gasteiger partial charge in [-0.2, -0.15) is 0 Å². The topological polar surface area (TPSA) is 34.2 Å². The van der Waals surface area contributed by atoms with Crippen LogP contribution in [0.2, 0.25) is 0 Å². The van der Waals surface area contributed by atoms with Gasteiger partial charge in [0.15, 0.2) is 0 Å². The number of hydrogen-bond acceptors (Lipinski definition) is 3. The molecule has 1 aromatic heterocycles. The molecule has 0 aliphatic heterocycles. The van der Waals surface area contributed by atoms with Gasteiger partial charge in [0.2, 0.25) is 0 Å². The molecule has 0 saturated heterocycles. The lowest BCUT2D eigenvalue weighted by Crippen LogP contribution is -2.08. The summed E-state index contributed by atoms with van der Waals surface area (Å²) in [6, 6.07) is 12.1. The number of nitrogens with zero attached hydrogens (tertiary/aromatic N) is 1. The van der Waals surface area contributed by atoms with Gasteiger partial charge in [-0.05, 0) is 30.8 Å². The minimum atomic E-state index is 0.766. The van der Waals surface area contributed by atoms with Gasteiger partial charge in [-0.1, -0.05) is 18.2 Å². The van der Waals surface area contributed by atoms with Crippen LogP contribution in [0.3, 0.4) is 0 Å². The average molecular weight is 228 g/mol. The molecule has 88 valence electrons. The van der Waals surface area contributed by atoms with Crippen molar-refractivity contribution in [2.45, 2.75) is 6.54 Å². The van der Waals surface area contributed by atoms with Crippen molar-refractivity contribution in [3.63, 3.8) is 0 Å². The van der Waals surface area contributed by atoms with Crippen LogP contribution in [0.4, 0.5) is 0 Å². The van der Waals surface area contributed by atoms with Gasteiger partial charge in [0.1, 0.15) is 5.75 Å². The van der Waals surface area contributed by atoms with Gasteiger partial charge in [0.25, 0.3) is 0 Å². The van der Waals surface area contributed by atoms with Crippen LogP contribution in [0.25, 0.3) is 11.1 Å². The normalized spacial score (nSPS) is 10.2. The SMILES string of the molecule is CNCc1ncccc1-c1ccc(OC)cc1. The Morgan fingerprint density at radius 2 is 1.94 bits per heavy atom. The van der Waals surface area contributed by atoms with E-state index in [1.165, 1.54) is 0 Å². The van der Waals surface area contributed by atoms with E-state index in [2.05, 4.69) is 28.5 Å². The average Bonchev–Trinajstić information content (AvgIpc) is 2.40. The number of nitrogens with one attached hydrogen (secondary N) is 1. The number of rotatable bonds is 4. The van der Waals surface area contributed by atoms with Crippen LogP contribution < -0.4 is 10.1 Å². The maximum atomic E-state index is 5.15. The molecule has 0 bridgehead atoms. The highest BCUT2D eigenvalue weighted by Crippen LogP contribution is 2.24. The van der Waals surface area contributed by atoms with Crippen LogP contribution in [-0.4, -0.2) is 19.1 Å². The van der Waals surface area contributed by atoms with Gasteiger partial charge in [0.05, 0.1) is 12.8 Å². The molecule has 2 rings (SSSR count). The molecule has 0 radical (unpaired) electrons. The largest absolute Gasteiger partial charge is 0.497 e. The summed E-state index contributed by atoms with van der Waals surface area (Å²) in [6.07, 6.45) is 1.82. The van der Waals surface area contributed by atoms with Crippen molar-refractivity contribution in [3.05, 3.63) is 48.3 Å². The third-order valence-electron chi connectivity index (χ3n) is 2.64. The second-order valence-electron chi connectivity index (χ2n) is 3.76. The van der Waals surface area contributed by atoms with Crippen LogP contribution in [0, 0.1) is 0 Å². The molecule has 0 unspecified atom stereocenters. The van der Waals surface area contributed by atoms with Gasteiger partial charge >= 0.3 is 0 Å². The lowest BCUT2D eigenvalue weighted by molar-refractivity contribution is 0.415. The standard InChI is InChI=1S/C14H16N2O/c1-15-10-14-13(4-3-9-16-14)11-5-7-12(17-2)8-6-11/h3-9,15H,10H2,1-2H3. The second kappa shape index (κ2) is 5.46. The fraction of sp³-hybridized carbons (Fsp3) is 0.214. The van der Waals surface area contributed by atoms with E-state index in [1.807, 2.05) is 31.4 Å². The van der Waals surface area contributed by atoms with Gasteiger partial charge in [-0.25, -0.2) is 0 Å². The summed E-state index contributed by atoms with van der Waals surface area (Å²) < 4.78 is 5.15. The van der Waals surface area contributed by atoms with E-state index in [0.29, 0.717) is 0 Å². The van der Waals surface area contributed by atoms with Crippen LogP contribution in [0.5, 0.6) is 5.75 Å². The molecule has 3 heteroatoms. The van der Waals surface area contributed by atoms with Crippen molar-refractivity contribution in [1.29, 1.82) is 0 Å². The monoisotopic (exact) mass is 228 g/mol. The lowest BCUT2D eigenvalue weighted by Gasteiger charge is -2.08. The van der Waals surface area contributed by atoms with E-state index in [-0.39, 0.29) is 0 Å². The molecule has 1 N–H and O–H groups in total. The molecule has 2 aromatic rings. The van der Waals surface area contributed by atoms with E-state index < -0.39 is 0 Å². The zero-order valence-electron chi connectivity index (χ0n) is 10.1. The maximum Gasteiger partial charge on any atom is 0.118 e. The van der Waals surface area contributed by atoms with Crippen molar-refractivity contribution in [3.8, 4) is 16.9 Å². The Balaban J connectivity index is 2.37. The quantitative estimate of drug-likeness (QED) is 0.873. The van der Waals surface area contributed by atoms with Gasteiger partial charge < -0.3 is 10.1 Å².